The molecule has 0 saturated heterocycles. The van der Waals surface area contributed by atoms with Gasteiger partial charge in [0.15, 0.2) is 11.5 Å². The molecule has 0 fully saturated rings. The van der Waals surface area contributed by atoms with Crippen LogP contribution < -0.4 is 5.32 Å². The number of carbonyl (C=O) groups excluding carboxylic acids is 1. The first-order valence-electron chi connectivity index (χ1n) is 6.43. The average Bonchev–Trinajstić information content (AvgIpc) is 2.92. The van der Waals surface area contributed by atoms with Gasteiger partial charge < -0.3 is 10.4 Å². The van der Waals surface area contributed by atoms with Crippen LogP contribution in [0.1, 0.15) is 23.0 Å². The van der Waals surface area contributed by atoms with Gasteiger partial charge >= 0.3 is 6.18 Å². The van der Waals surface area contributed by atoms with E-state index in [4.69, 9.17) is 16.7 Å². The van der Waals surface area contributed by atoms with Gasteiger partial charge in [0.1, 0.15) is 0 Å². The maximum absolute atomic E-state index is 13.4. The molecule has 2 rings (SSSR count). The number of pyridine rings is 1. The zero-order chi connectivity index (χ0) is 17.2. The second kappa shape index (κ2) is 6.55. The van der Waals surface area contributed by atoms with Crippen molar-refractivity contribution in [2.45, 2.75) is 19.1 Å². The van der Waals surface area contributed by atoms with Gasteiger partial charge in [-0.3, -0.25) is 4.79 Å². The van der Waals surface area contributed by atoms with Gasteiger partial charge in [0.25, 0.3) is 5.91 Å². The Morgan fingerprint density at radius 1 is 1.52 bits per heavy atom. The third-order valence-corrected chi connectivity index (χ3v) is 3.17. The molecule has 1 amide bonds. The van der Waals surface area contributed by atoms with E-state index >= 15 is 0 Å². The van der Waals surface area contributed by atoms with Gasteiger partial charge in [-0.1, -0.05) is 11.6 Å². The van der Waals surface area contributed by atoms with Crippen LogP contribution in [0.2, 0.25) is 5.02 Å². The fourth-order valence-electron chi connectivity index (χ4n) is 1.83. The summed E-state index contributed by atoms with van der Waals surface area (Å²) in [6.45, 7) is 1.04. The second-order valence-electron chi connectivity index (χ2n) is 4.68. The van der Waals surface area contributed by atoms with Crippen molar-refractivity contribution >= 4 is 17.5 Å². The Labute approximate surface area is 133 Å². The molecule has 0 saturated carbocycles. The summed E-state index contributed by atoms with van der Waals surface area (Å²) in [5.74, 6) is -1.24. The van der Waals surface area contributed by atoms with Crippen LogP contribution in [0.15, 0.2) is 24.5 Å². The van der Waals surface area contributed by atoms with E-state index in [1.165, 1.54) is 25.3 Å². The molecule has 2 N–H and O–H groups in total. The molecule has 0 radical (unpaired) electrons. The van der Waals surface area contributed by atoms with E-state index in [-0.39, 0.29) is 10.8 Å². The van der Waals surface area contributed by atoms with Gasteiger partial charge in [-0.25, -0.2) is 9.67 Å². The third-order valence-electron chi connectivity index (χ3n) is 2.87. The van der Waals surface area contributed by atoms with Crippen LogP contribution in [0.3, 0.4) is 0 Å². The summed E-state index contributed by atoms with van der Waals surface area (Å²) < 4.78 is 40.6. The Morgan fingerprint density at radius 2 is 2.22 bits per heavy atom. The number of halogens is 4. The van der Waals surface area contributed by atoms with Crippen molar-refractivity contribution in [1.29, 1.82) is 0 Å². The number of aromatic nitrogens is 3. The number of aliphatic hydroxyl groups excluding tert-OH is 1. The summed E-state index contributed by atoms with van der Waals surface area (Å²) in [4.78, 5) is 15.8. The summed E-state index contributed by atoms with van der Waals surface area (Å²) in [6, 6.07) is 2.11. The monoisotopic (exact) mass is 348 g/mol. The molecule has 2 aromatic rings. The number of rotatable bonds is 4. The number of aliphatic hydroxyl groups is 1. The maximum Gasteiger partial charge on any atom is 0.434 e. The van der Waals surface area contributed by atoms with E-state index < -0.39 is 36.0 Å². The van der Waals surface area contributed by atoms with Gasteiger partial charge in [0, 0.05) is 12.2 Å². The quantitative estimate of drug-likeness (QED) is 0.886. The molecule has 2 aromatic heterocycles. The minimum Gasteiger partial charge on any atom is -0.394 e. The molecule has 124 valence electrons. The molecular formula is C13H12ClF3N4O2. The fourth-order valence-corrected chi connectivity index (χ4v) is 2.03. The Hall–Kier alpha value is -2.13. The number of hydrogen-bond donors (Lipinski definition) is 2. The minimum atomic E-state index is -4.85. The summed E-state index contributed by atoms with van der Waals surface area (Å²) in [5, 5.41) is 14.7. The highest BCUT2D eigenvalue weighted by Gasteiger charge is 2.41. The van der Waals surface area contributed by atoms with Crippen molar-refractivity contribution in [3.05, 3.63) is 40.8 Å². The molecule has 0 bridgehead atoms. The molecule has 0 spiro atoms. The molecule has 1 atom stereocenters. The highest BCUT2D eigenvalue weighted by Crippen LogP contribution is 2.34. The third kappa shape index (κ3) is 3.62. The predicted molar refractivity (Wildman–Crippen MR) is 75.4 cm³/mol. The number of carbonyl (C=O) groups is 1. The number of nitrogens with one attached hydrogen (secondary N) is 1. The van der Waals surface area contributed by atoms with Crippen LogP contribution in [0.4, 0.5) is 13.2 Å². The van der Waals surface area contributed by atoms with E-state index in [9.17, 15) is 18.0 Å². The normalized spacial score (nSPS) is 13.0. The summed E-state index contributed by atoms with van der Waals surface area (Å²) >= 11 is 5.85. The molecule has 2 heterocycles. The highest BCUT2D eigenvalue weighted by molar-refractivity contribution is 6.32. The largest absolute Gasteiger partial charge is 0.434 e. The standard InChI is InChI=1S/C13H12ClF3N4O2/c1-7(6-22)20-12(23)8-5-19-21(10(8)13(15,16)17)11-9(14)3-2-4-18-11/h2-5,7,22H,6H2,1H3,(H,20,23). The van der Waals surface area contributed by atoms with Crippen molar-refractivity contribution in [3.63, 3.8) is 0 Å². The molecule has 0 aliphatic carbocycles. The second-order valence-corrected chi connectivity index (χ2v) is 5.09. The average molecular weight is 349 g/mol. The lowest BCUT2D eigenvalue weighted by Gasteiger charge is -2.14. The topological polar surface area (TPSA) is 80.0 Å². The molecule has 0 aromatic carbocycles. The number of nitrogens with zero attached hydrogens (tertiary/aromatic N) is 3. The molecule has 6 nitrogen and oxygen atoms in total. The smallest absolute Gasteiger partial charge is 0.394 e. The van der Waals surface area contributed by atoms with Crippen molar-refractivity contribution in [3.8, 4) is 5.82 Å². The van der Waals surface area contributed by atoms with Crippen LogP contribution >= 0.6 is 11.6 Å². The molecule has 0 aliphatic heterocycles. The Morgan fingerprint density at radius 3 is 2.78 bits per heavy atom. The Kier molecular flexibility index (Phi) is 4.90. The van der Waals surface area contributed by atoms with E-state index in [1.807, 2.05) is 0 Å². The number of amides is 1. The van der Waals surface area contributed by atoms with Gasteiger partial charge in [0.05, 0.1) is 23.4 Å². The summed E-state index contributed by atoms with van der Waals surface area (Å²) in [7, 11) is 0. The van der Waals surface area contributed by atoms with Crippen LogP contribution in [-0.4, -0.2) is 38.4 Å². The highest BCUT2D eigenvalue weighted by atomic mass is 35.5. The molecule has 23 heavy (non-hydrogen) atoms. The van der Waals surface area contributed by atoms with Crippen molar-refractivity contribution in [2.24, 2.45) is 0 Å². The van der Waals surface area contributed by atoms with Crippen molar-refractivity contribution in [1.82, 2.24) is 20.1 Å². The predicted octanol–water partition coefficient (Wildman–Crippen LogP) is 2.05. The fraction of sp³-hybridized carbons (Fsp3) is 0.308. The first-order valence-corrected chi connectivity index (χ1v) is 6.81. The van der Waals surface area contributed by atoms with Crippen LogP contribution in [0, 0.1) is 0 Å². The molecule has 0 aliphatic rings. The maximum atomic E-state index is 13.4. The Bertz CT molecular complexity index is 717. The van der Waals surface area contributed by atoms with Gasteiger partial charge in [-0.2, -0.15) is 18.3 Å². The van der Waals surface area contributed by atoms with Crippen molar-refractivity contribution in [2.75, 3.05) is 6.61 Å². The SMILES string of the molecule is CC(CO)NC(=O)c1cnn(-c2ncccc2Cl)c1C(F)(F)F. The van der Waals surface area contributed by atoms with Gasteiger partial charge in [-0.05, 0) is 19.1 Å². The number of hydrogen-bond acceptors (Lipinski definition) is 4. The van der Waals surface area contributed by atoms with E-state index in [0.29, 0.717) is 4.68 Å². The summed E-state index contributed by atoms with van der Waals surface area (Å²) in [6.07, 6.45) is -2.81. The zero-order valence-corrected chi connectivity index (χ0v) is 12.6. The van der Waals surface area contributed by atoms with Crippen molar-refractivity contribution < 1.29 is 23.1 Å². The van der Waals surface area contributed by atoms with Crippen LogP contribution in [0.5, 0.6) is 0 Å². The van der Waals surface area contributed by atoms with Gasteiger partial charge in [-0.15, -0.1) is 0 Å². The minimum absolute atomic E-state index is 0.0446. The Balaban J connectivity index is 2.55. The van der Waals surface area contributed by atoms with Crippen LogP contribution in [-0.2, 0) is 6.18 Å². The lowest BCUT2D eigenvalue weighted by Crippen LogP contribution is -2.36. The van der Waals surface area contributed by atoms with E-state index in [1.54, 1.807) is 0 Å². The van der Waals surface area contributed by atoms with Gasteiger partial charge in [0.2, 0.25) is 0 Å². The summed E-state index contributed by atoms with van der Waals surface area (Å²) in [5.41, 5.74) is -1.97. The lowest BCUT2D eigenvalue weighted by atomic mass is 10.2. The zero-order valence-electron chi connectivity index (χ0n) is 11.8. The molecule has 10 heteroatoms. The molecule has 1 unspecified atom stereocenters. The first-order chi connectivity index (χ1) is 10.8. The van der Waals surface area contributed by atoms with E-state index in [2.05, 4.69) is 15.4 Å². The van der Waals surface area contributed by atoms with Crippen LogP contribution in [0.25, 0.3) is 5.82 Å². The number of alkyl halides is 3. The van der Waals surface area contributed by atoms with E-state index in [0.717, 1.165) is 6.20 Å². The first kappa shape index (κ1) is 17.2. The lowest BCUT2D eigenvalue weighted by molar-refractivity contribution is -0.143. The molecular weight excluding hydrogens is 337 g/mol.